The van der Waals surface area contributed by atoms with E-state index in [9.17, 15) is 9.59 Å². The summed E-state index contributed by atoms with van der Waals surface area (Å²) in [6.45, 7) is 4.02. The van der Waals surface area contributed by atoms with E-state index in [2.05, 4.69) is 5.32 Å². The van der Waals surface area contributed by atoms with Gasteiger partial charge in [-0.2, -0.15) is 0 Å². The number of thiocarbonyl (C=S) groups is 1. The summed E-state index contributed by atoms with van der Waals surface area (Å²) in [6, 6.07) is 11.0. The Bertz CT molecular complexity index is 1010. The highest BCUT2D eigenvalue weighted by atomic mass is 32.2. The van der Waals surface area contributed by atoms with Crippen molar-refractivity contribution in [3.8, 4) is 0 Å². The van der Waals surface area contributed by atoms with Crippen LogP contribution < -0.4 is 11.1 Å². The van der Waals surface area contributed by atoms with Gasteiger partial charge in [0, 0.05) is 48.2 Å². The Hall–Kier alpha value is -2.65. The van der Waals surface area contributed by atoms with Gasteiger partial charge in [0.25, 0.3) is 11.8 Å². The van der Waals surface area contributed by atoms with Gasteiger partial charge in [0.05, 0.1) is 17.1 Å². The average molecular weight is 470 g/mol. The predicted octanol–water partition coefficient (Wildman–Crippen LogP) is 3.21. The van der Waals surface area contributed by atoms with Crippen molar-refractivity contribution in [3.63, 3.8) is 0 Å². The zero-order chi connectivity index (χ0) is 22.7. The molecule has 0 saturated carbocycles. The number of pyridine rings is 1. The number of hydrogen-bond acceptors (Lipinski definition) is 5. The van der Waals surface area contributed by atoms with E-state index < -0.39 is 0 Å². The zero-order valence-electron chi connectivity index (χ0n) is 18.0. The van der Waals surface area contributed by atoms with Gasteiger partial charge < -0.3 is 20.9 Å². The van der Waals surface area contributed by atoms with Crippen LogP contribution in [0.15, 0.2) is 36.4 Å². The number of thioether (sulfide) groups is 1. The van der Waals surface area contributed by atoms with E-state index in [1.165, 1.54) is 0 Å². The summed E-state index contributed by atoms with van der Waals surface area (Å²) < 4.78 is 0. The number of carbonyl (C=O) groups excluding carboxylic acids is 2. The number of anilines is 1. The van der Waals surface area contributed by atoms with Crippen LogP contribution in [-0.2, 0) is 0 Å². The summed E-state index contributed by atoms with van der Waals surface area (Å²) in [5.74, 6) is 1.97. The Morgan fingerprint density at radius 2 is 1.78 bits per heavy atom. The lowest BCUT2D eigenvalue weighted by Gasteiger charge is -2.33. The topological polar surface area (TPSA) is 91.6 Å². The van der Waals surface area contributed by atoms with E-state index in [1.807, 2.05) is 28.9 Å². The molecule has 32 heavy (non-hydrogen) atoms. The molecule has 168 valence electrons. The largest absolute Gasteiger partial charge is 0.376 e. The summed E-state index contributed by atoms with van der Waals surface area (Å²) in [6.07, 6.45) is 1.58. The molecule has 0 atom stereocenters. The third-order valence-electron chi connectivity index (χ3n) is 5.90. The third-order valence-corrected chi connectivity index (χ3v) is 6.97. The Balaban J connectivity index is 1.43. The summed E-state index contributed by atoms with van der Waals surface area (Å²) in [4.78, 5) is 34.6. The van der Waals surface area contributed by atoms with Crippen molar-refractivity contribution >= 4 is 46.6 Å². The van der Waals surface area contributed by atoms with Crippen molar-refractivity contribution < 1.29 is 9.59 Å². The molecular formula is C23H27N5O2S2. The fourth-order valence-electron chi connectivity index (χ4n) is 4.19. The number of aromatic nitrogens is 1. The van der Waals surface area contributed by atoms with Crippen LogP contribution >= 0.6 is 24.0 Å². The molecule has 3 N–H and O–H groups in total. The van der Waals surface area contributed by atoms with Gasteiger partial charge in [-0.05, 0) is 68.4 Å². The van der Waals surface area contributed by atoms with Crippen LogP contribution in [-0.4, -0.2) is 63.0 Å². The van der Waals surface area contributed by atoms with Crippen LogP contribution in [0, 0.1) is 6.92 Å². The molecule has 0 aliphatic carbocycles. The zero-order valence-corrected chi connectivity index (χ0v) is 19.7. The molecule has 0 spiro atoms. The molecule has 3 heterocycles. The first kappa shape index (κ1) is 22.5. The van der Waals surface area contributed by atoms with E-state index in [0.29, 0.717) is 24.2 Å². The fraction of sp³-hybridized carbons (Fsp3) is 0.391. The predicted molar refractivity (Wildman–Crippen MR) is 132 cm³/mol. The minimum atomic E-state index is 0.00733. The van der Waals surface area contributed by atoms with Gasteiger partial charge in [-0.25, -0.2) is 0 Å². The van der Waals surface area contributed by atoms with Crippen LogP contribution in [0.25, 0.3) is 0 Å². The van der Waals surface area contributed by atoms with Gasteiger partial charge >= 0.3 is 0 Å². The molecule has 2 aliphatic heterocycles. The second kappa shape index (κ2) is 9.87. The normalized spacial score (nSPS) is 16.8. The number of rotatable bonds is 4. The highest BCUT2D eigenvalue weighted by molar-refractivity contribution is 7.99. The Morgan fingerprint density at radius 3 is 2.41 bits per heavy atom. The second-order valence-corrected chi connectivity index (χ2v) is 9.64. The quantitative estimate of drug-likeness (QED) is 0.665. The van der Waals surface area contributed by atoms with Crippen LogP contribution in [0.1, 0.15) is 50.9 Å². The minimum Gasteiger partial charge on any atom is -0.376 e. The summed E-state index contributed by atoms with van der Waals surface area (Å²) in [5.41, 5.74) is 9.39. The van der Waals surface area contributed by atoms with E-state index in [4.69, 9.17) is 22.9 Å². The average Bonchev–Trinajstić information content (AvgIpc) is 3.33. The van der Waals surface area contributed by atoms with Crippen LogP contribution in [0.2, 0.25) is 0 Å². The van der Waals surface area contributed by atoms with Crippen molar-refractivity contribution in [2.45, 2.75) is 25.7 Å². The first-order chi connectivity index (χ1) is 15.4. The Labute approximate surface area is 197 Å². The van der Waals surface area contributed by atoms with Crippen molar-refractivity contribution in [1.29, 1.82) is 0 Å². The molecular weight excluding hydrogens is 442 g/mol. The first-order valence-corrected chi connectivity index (χ1v) is 12.3. The minimum absolute atomic E-state index is 0.00733. The highest BCUT2D eigenvalue weighted by Gasteiger charge is 2.30. The maximum atomic E-state index is 13.1. The number of hydrogen-bond donors (Lipinski definition) is 2. The molecule has 0 unspecified atom stereocenters. The van der Waals surface area contributed by atoms with Crippen molar-refractivity contribution in [1.82, 2.24) is 14.8 Å². The van der Waals surface area contributed by atoms with Gasteiger partial charge in [0.15, 0.2) is 5.11 Å². The maximum absolute atomic E-state index is 13.1. The third kappa shape index (κ3) is 5.05. The summed E-state index contributed by atoms with van der Waals surface area (Å²) in [7, 11) is 0. The highest BCUT2D eigenvalue weighted by Crippen LogP contribution is 2.31. The Kier molecular flexibility index (Phi) is 6.95. The number of nitrogens with one attached hydrogen (secondary N) is 1. The second-order valence-electron chi connectivity index (χ2n) is 8.12. The first-order valence-electron chi connectivity index (χ1n) is 10.7. The number of benzene rings is 1. The van der Waals surface area contributed by atoms with Gasteiger partial charge in [-0.3, -0.25) is 14.6 Å². The smallest absolute Gasteiger partial charge is 0.256 e. The maximum Gasteiger partial charge on any atom is 0.256 e. The van der Waals surface area contributed by atoms with E-state index >= 15 is 0 Å². The number of aryl methyl sites for hydroxylation is 1. The number of amides is 2. The van der Waals surface area contributed by atoms with Crippen molar-refractivity contribution in [2.24, 2.45) is 5.73 Å². The summed E-state index contributed by atoms with van der Waals surface area (Å²) in [5, 5.41) is 3.05. The molecule has 9 heteroatoms. The number of piperidine rings is 1. The molecule has 7 nitrogen and oxygen atoms in total. The molecule has 0 bridgehead atoms. The molecule has 0 radical (unpaired) electrons. The van der Waals surface area contributed by atoms with Crippen molar-refractivity contribution in [2.75, 3.05) is 36.6 Å². The molecule has 2 amide bonds. The van der Waals surface area contributed by atoms with Gasteiger partial charge in [0.2, 0.25) is 0 Å². The number of likely N-dealkylation sites (tertiary alicyclic amines) is 1. The standard InChI is InChI=1S/C23H27N5O2S2/c1-15-2-7-19(22(30)28-12-13-32-14-28)20(25-15)16-8-10-27(11-9-16)21(29)17-3-5-18(6-4-17)26-23(24)31/h2-7,16H,8-14H2,1H3,(H3,24,26,31). The molecule has 2 aromatic rings. The number of carbonyl (C=O) groups is 2. The monoisotopic (exact) mass is 469 g/mol. The lowest BCUT2D eigenvalue weighted by molar-refractivity contribution is 0.0707. The van der Waals surface area contributed by atoms with Crippen LogP contribution in [0.3, 0.4) is 0 Å². The Morgan fingerprint density at radius 1 is 1.06 bits per heavy atom. The number of nitrogens with zero attached hydrogens (tertiary/aromatic N) is 3. The number of nitrogens with two attached hydrogens (primary N) is 1. The van der Waals surface area contributed by atoms with E-state index in [-0.39, 0.29) is 22.8 Å². The van der Waals surface area contributed by atoms with Crippen LogP contribution in [0.5, 0.6) is 0 Å². The van der Waals surface area contributed by atoms with Gasteiger partial charge in [-0.1, -0.05) is 0 Å². The van der Waals surface area contributed by atoms with Crippen molar-refractivity contribution in [3.05, 3.63) is 58.9 Å². The molecule has 2 fully saturated rings. The van der Waals surface area contributed by atoms with Gasteiger partial charge in [-0.15, -0.1) is 11.8 Å². The lowest BCUT2D eigenvalue weighted by Crippen LogP contribution is -2.38. The van der Waals surface area contributed by atoms with Gasteiger partial charge in [0.1, 0.15) is 0 Å². The van der Waals surface area contributed by atoms with E-state index in [0.717, 1.165) is 48.1 Å². The van der Waals surface area contributed by atoms with E-state index in [1.54, 1.807) is 36.0 Å². The lowest BCUT2D eigenvalue weighted by atomic mass is 9.89. The SMILES string of the molecule is Cc1ccc(C(=O)N2CCSC2)c(C2CCN(C(=O)c3ccc(NC(N)=S)cc3)CC2)n1. The van der Waals surface area contributed by atoms with Crippen LogP contribution in [0.4, 0.5) is 5.69 Å². The summed E-state index contributed by atoms with van der Waals surface area (Å²) >= 11 is 6.62. The molecule has 4 rings (SSSR count). The molecule has 2 saturated heterocycles. The fourth-order valence-corrected chi connectivity index (χ4v) is 5.25. The molecule has 2 aliphatic rings. The molecule has 1 aromatic carbocycles. The molecule has 1 aromatic heterocycles.